The topological polar surface area (TPSA) is 66.5 Å². The van der Waals surface area contributed by atoms with Crippen LogP contribution in [0.2, 0.25) is 0 Å². The molecule has 5 nitrogen and oxygen atoms in total. The molecule has 0 spiro atoms. The molecule has 3 amide bonds. The van der Waals surface area contributed by atoms with Crippen molar-refractivity contribution in [2.75, 3.05) is 5.75 Å². The normalized spacial score (nSPS) is 19.1. The van der Waals surface area contributed by atoms with Gasteiger partial charge in [0.1, 0.15) is 0 Å². The number of carbonyl (C=O) groups excluding carboxylic acids is 3. The lowest BCUT2D eigenvalue weighted by Crippen LogP contribution is -2.30. The Morgan fingerprint density at radius 2 is 1.74 bits per heavy atom. The van der Waals surface area contributed by atoms with Crippen LogP contribution in [0.1, 0.15) is 46.8 Å². The zero-order valence-electron chi connectivity index (χ0n) is 14.8. The quantitative estimate of drug-likeness (QED) is 0.827. The minimum absolute atomic E-state index is 0.0227. The summed E-state index contributed by atoms with van der Waals surface area (Å²) in [5.74, 6) is 0.617. The average molecular weight is 380 g/mol. The predicted molar refractivity (Wildman–Crippen MR) is 103 cm³/mol. The first-order valence-corrected chi connectivity index (χ1v) is 10.0. The number of benzene rings is 2. The average Bonchev–Trinajstić information content (AvgIpc) is 3.01. The van der Waals surface area contributed by atoms with Crippen LogP contribution in [0.4, 0.5) is 0 Å². The van der Waals surface area contributed by atoms with E-state index in [0.29, 0.717) is 18.4 Å². The van der Waals surface area contributed by atoms with E-state index in [1.165, 1.54) is 15.4 Å². The number of imide groups is 1. The third-order valence-corrected chi connectivity index (χ3v) is 6.10. The second-order valence-corrected chi connectivity index (χ2v) is 7.91. The number of fused-ring (bicyclic) bond motifs is 1. The molecule has 4 rings (SSSR count). The van der Waals surface area contributed by atoms with Gasteiger partial charge in [0.05, 0.1) is 12.6 Å². The fourth-order valence-electron chi connectivity index (χ4n) is 3.48. The second-order valence-electron chi connectivity index (χ2n) is 6.77. The molecule has 0 saturated carbocycles. The van der Waals surface area contributed by atoms with Crippen LogP contribution < -0.4 is 5.32 Å². The van der Waals surface area contributed by atoms with Gasteiger partial charge in [-0.2, -0.15) is 0 Å². The van der Waals surface area contributed by atoms with Crippen molar-refractivity contribution in [3.05, 3.63) is 65.2 Å². The molecule has 2 aromatic rings. The van der Waals surface area contributed by atoms with Crippen LogP contribution in [0.5, 0.6) is 0 Å². The summed E-state index contributed by atoms with van der Waals surface area (Å²) in [7, 11) is 0. The van der Waals surface area contributed by atoms with Crippen LogP contribution in [-0.4, -0.2) is 28.4 Å². The first-order chi connectivity index (χ1) is 13.1. The molecule has 138 valence electrons. The largest absolute Gasteiger partial charge is 0.345 e. The van der Waals surface area contributed by atoms with Crippen molar-refractivity contribution in [1.82, 2.24) is 10.2 Å². The Labute approximate surface area is 162 Å². The Morgan fingerprint density at radius 3 is 2.48 bits per heavy atom. The Hall–Kier alpha value is -2.60. The fourth-order valence-corrected chi connectivity index (χ4v) is 4.60. The van der Waals surface area contributed by atoms with E-state index in [2.05, 4.69) is 17.4 Å². The molecule has 2 heterocycles. The monoisotopic (exact) mass is 380 g/mol. The number of nitrogens with one attached hydrogen (secondary N) is 1. The van der Waals surface area contributed by atoms with Crippen molar-refractivity contribution in [2.45, 2.75) is 36.7 Å². The van der Waals surface area contributed by atoms with Gasteiger partial charge in [-0.05, 0) is 35.7 Å². The van der Waals surface area contributed by atoms with Gasteiger partial charge in [0.15, 0.2) is 0 Å². The van der Waals surface area contributed by atoms with Crippen molar-refractivity contribution < 1.29 is 14.4 Å². The van der Waals surface area contributed by atoms with E-state index in [4.69, 9.17) is 0 Å². The van der Waals surface area contributed by atoms with Crippen LogP contribution in [0, 0.1) is 0 Å². The maximum absolute atomic E-state index is 12.6. The molecule has 27 heavy (non-hydrogen) atoms. The summed E-state index contributed by atoms with van der Waals surface area (Å²) in [5, 5.41) is 3.13. The molecule has 0 radical (unpaired) electrons. The minimum atomic E-state index is -0.129. The van der Waals surface area contributed by atoms with Crippen molar-refractivity contribution in [3.8, 4) is 0 Å². The molecular formula is C21H20N2O3S. The molecule has 6 heteroatoms. The van der Waals surface area contributed by atoms with Gasteiger partial charge in [0, 0.05) is 29.1 Å². The van der Waals surface area contributed by atoms with E-state index in [1.54, 1.807) is 24.3 Å². The molecule has 0 aromatic heterocycles. The Balaban J connectivity index is 1.43. The molecular weight excluding hydrogens is 360 g/mol. The number of hydrogen-bond acceptors (Lipinski definition) is 4. The molecule has 2 aliphatic heterocycles. The van der Waals surface area contributed by atoms with E-state index >= 15 is 0 Å². The van der Waals surface area contributed by atoms with Crippen LogP contribution in [-0.2, 0) is 16.1 Å². The van der Waals surface area contributed by atoms with Crippen LogP contribution in [0.25, 0.3) is 0 Å². The van der Waals surface area contributed by atoms with Gasteiger partial charge in [-0.1, -0.05) is 30.3 Å². The van der Waals surface area contributed by atoms with Gasteiger partial charge in [-0.25, -0.2) is 0 Å². The zero-order chi connectivity index (χ0) is 18.8. The first kappa shape index (κ1) is 17.8. The van der Waals surface area contributed by atoms with Crippen molar-refractivity contribution >= 4 is 29.5 Å². The Morgan fingerprint density at radius 1 is 1.04 bits per heavy atom. The summed E-state index contributed by atoms with van der Waals surface area (Å²) < 4.78 is 0. The van der Waals surface area contributed by atoms with Gasteiger partial charge in [0.2, 0.25) is 11.8 Å². The number of amides is 3. The lowest BCUT2D eigenvalue weighted by Gasteiger charge is -2.26. The summed E-state index contributed by atoms with van der Waals surface area (Å²) >= 11 is 1.82. The van der Waals surface area contributed by atoms with Gasteiger partial charge < -0.3 is 5.32 Å². The summed E-state index contributed by atoms with van der Waals surface area (Å²) in [6.07, 6.45) is 1.49. The van der Waals surface area contributed by atoms with E-state index in [-0.39, 0.29) is 30.3 Å². The van der Waals surface area contributed by atoms with Gasteiger partial charge in [0.25, 0.3) is 5.91 Å². The molecule has 2 aromatic carbocycles. The number of likely N-dealkylation sites (tertiary alicyclic amines) is 1. The van der Waals surface area contributed by atoms with Crippen LogP contribution in [0.3, 0.4) is 0 Å². The number of rotatable bonds is 4. The summed E-state index contributed by atoms with van der Waals surface area (Å²) in [5.41, 5.74) is 2.59. The van der Waals surface area contributed by atoms with E-state index in [1.807, 2.05) is 23.9 Å². The number of nitrogens with zero attached hydrogens (tertiary/aromatic N) is 1. The molecule has 1 saturated heterocycles. The van der Waals surface area contributed by atoms with E-state index < -0.39 is 0 Å². The van der Waals surface area contributed by atoms with E-state index in [0.717, 1.165) is 17.7 Å². The third kappa shape index (κ3) is 3.76. The van der Waals surface area contributed by atoms with Gasteiger partial charge in [-0.15, -0.1) is 11.8 Å². The summed E-state index contributed by atoms with van der Waals surface area (Å²) in [6.45, 7) is 0.271. The summed E-state index contributed by atoms with van der Waals surface area (Å²) in [6, 6.07) is 15.3. The number of hydrogen-bond donors (Lipinski definition) is 1. The standard InChI is InChI=1S/C21H20N2O3S/c24-19-9-10-20(25)23(19)13-14-5-7-15(8-6-14)21(26)22-17-11-12-27-18-4-2-1-3-16(17)18/h1-8,17H,9-13H2,(H,22,26)/t17-/m1/s1. The Bertz CT molecular complexity index is 879. The van der Waals surface area contributed by atoms with Gasteiger partial charge >= 0.3 is 0 Å². The van der Waals surface area contributed by atoms with Crippen molar-refractivity contribution in [2.24, 2.45) is 0 Å². The van der Waals surface area contributed by atoms with Crippen molar-refractivity contribution in [3.63, 3.8) is 0 Å². The molecule has 2 aliphatic rings. The van der Waals surface area contributed by atoms with Crippen molar-refractivity contribution in [1.29, 1.82) is 0 Å². The lowest BCUT2D eigenvalue weighted by atomic mass is 10.0. The highest BCUT2D eigenvalue weighted by molar-refractivity contribution is 7.99. The molecule has 0 bridgehead atoms. The molecule has 1 atom stereocenters. The smallest absolute Gasteiger partial charge is 0.251 e. The maximum atomic E-state index is 12.6. The van der Waals surface area contributed by atoms with Gasteiger partial charge in [-0.3, -0.25) is 19.3 Å². The summed E-state index contributed by atoms with van der Waals surface area (Å²) in [4.78, 5) is 38.6. The molecule has 1 fully saturated rings. The second kappa shape index (κ2) is 7.56. The maximum Gasteiger partial charge on any atom is 0.251 e. The molecule has 1 N–H and O–H groups in total. The predicted octanol–water partition coefficient (Wildman–Crippen LogP) is 3.30. The minimum Gasteiger partial charge on any atom is -0.345 e. The number of thioether (sulfide) groups is 1. The Kier molecular flexibility index (Phi) is 4.99. The highest BCUT2D eigenvalue weighted by Crippen LogP contribution is 2.35. The fraction of sp³-hybridized carbons (Fsp3) is 0.286. The highest BCUT2D eigenvalue weighted by Gasteiger charge is 2.28. The van der Waals surface area contributed by atoms with Crippen LogP contribution >= 0.6 is 11.8 Å². The van der Waals surface area contributed by atoms with E-state index in [9.17, 15) is 14.4 Å². The number of carbonyl (C=O) groups is 3. The highest BCUT2D eigenvalue weighted by atomic mass is 32.2. The molecule has 0 aliphatic carbocycles. The third-order valence-electron chi connectivity index (χ3n) is 4.98. The molecule has 0 unspecified atom stereocenters. The lowest BCUT2D eigenvalue weighted by molar-refractivity contribution is -0.139. The SMILES string of the molecule is O=C(N[C@@H]1CCSc2ccccc21)c1ccc(CN2C(=O)CCC2=O)cc1. The first-order valence-electron chi connectivity index (χ1n) is 9.06. The van der Waals surface area contributed by atoms with Crippen LogP contribution in [0.15, 0.2) is 53.4 Å². The zero-order valence-corrected chi connectivity index (χ0v) is 15.6.